The molecule has 0 fully saturated rings. The van der Waals surface area contributed by atoms with Crippen LogP contribution in [0, 0.1) is 10.1 Å². The van der Waals surface area contributed by atoms with Gasteiger partial charge in [0.1, 0.15) is 0 Å². The lowest BCUT2D eigenvalue weighted by Gasteiger charge is -2.07. The molecule has 2 N–H and O–H groups in total. The van der Waals surface area contributed by atoms with Gasteiger partial charge >= 0.3 is 0 Å². The Hall–Kier alpha value is -3.85. The Labute approximate surface area is 170 Å². The lowest BCUT2D eigenvalue weighted by Crippen LogP contribution is -1.98. The number of anilines is 3. The van der Waals surface area contributed by atoms with E-state index in [0.717, 1.165) is 21.3 Å². The Morgan fingerprint density at radius 3 is 2.62 bits per heavy atom. The molecule has 0 radical (unpaired) electrons. The van der Waals surface area contributed by atoms with Gasteiger partial charge in [-0.2, -0.15) is 0 Å². The first-order chi connectivity index (χ1) is 14.1. The number of thiazole rings is 1. The van der Waals surface area contributed by atoms with E-state index < -0.39 is 4.92 Å². The zero-order valence-corrected chi connectivity index (χ0v) is 16.2. The van der Waals surface area contributed by atoms with Crippen LogP contribution in [0.4, 0.5) is 22.5 Å². The summed E-state index contributed by atoms with van der Waals surface area (Å²) in [6, 6.07) is 17.9. The number of benzene rings is 2. The molecule has 29 heavy (non-hydrogen) atoms. The van der Waals surface area contributed by atoms with Crippen LogP contribution in [0.1, 0.15) is 0 Å². The van der Waals surface area contributed by atoms with Crippen molar-refractivity contribution >= 4 is 33.8 Å². The van der Waals surface area contributed by atoms with E-state index in [4.69, 9.17) is 0 Å². The average Bonchev–Trinajstić information content (AvgIpc) is 3.19. The Bertz CT molecular complexity index is 1160. The van der Waals surface area contributed by atoms with Gasteiger partial charge in [0.2, 0.25) is 5.95 Å². The molecule has 0 aliphatic heterocycles. The van der Waals surface area contributed by atoms with Gasteiger partial charge in [-0.3, -0.25) is 10.1 Å². The molecule has 0 saturated heterocycles. The smallest absolute Gasteiger partial charge is 0.271 e. The van der Waals surface area contributed by atoms with Crippen molar-refractivity contribution < 1.29 is 4.92 Å². The number of nitrogens with one attached hydrogen (secondary N) is 2. The Morgan fingerprint density at radius 1 is 1.03 bits per heavy atom. The molecule has 0 saturated carbocycles. The number of non-ortho nitro benzene ring substituents is 1. The minimum Gasteiger partial charge on any atom is -0.365 e. The van der Waals surface area contributed by atoms with Gasteiger partial charge in [0.05, 0.1) is 21.2 Å². The summed E-state index contributed by atoms with van der Waals surface area (Å²) in [5.41, 5.74) is 3.08. The van der Waals surface area contributed by atoms with Crippen LogP contribution in [0.25, 0.3) is 21.8 Å². The number of hydrogen-bond donors (Lipinski definition) is 2. The molecule has 0 spiro atoms. The van der Waals surface area contributed by atoms with Crippen LogP contribution < -0.4 is 10.6 Å². The topological polar surface area (TPSA) is 106 Å². The fourth-order valence-corrected chi connectivity index (χ4v) is 3.67. The first-order valence-corrected chi connectivity index (χ1v) is 9.54. The number of hydrogen-bond acceptors (Lipinski definition) is 8. The molecule has 0 aliphatic carbocycles. The maximum absolute atomic E-state index is 11.0. The lowest BCUT2D eigenvalue weighted by atomic mass is 10.1. The highest BCUT2D eigenvalue weighted by Crippen LogP contribution is 2.38. The normalized spacial score (nSPS) is 10.5. The SMILES string of the molecule is CNc1nc(-c2ccccc2)c(-c2ccnc(Nc3cccc([N+](=O)[O-])c3)n2)s1. The molecule has 0 amide bonds. The molecular formula is C20H16N6O2S. The molecular weight excluding hydrogens is 388 g/mol. The molecule has 0 unspecified atom stereocenters. The standard InChI is InChI=1S/C20H16N6O2S/c1-21-20-25-17(13-6-3-2-4-7-13)18(29-20)16-10-11-22-19(24-16)23-14-8-5-9-15(12-14)26(27)28/h2-12H,1H3,(H,21,25)(H,22,23,24). The van der Waals surface area contributed by atoms with Gasteiger partial charge in [-0.15, -0.1) is 0 Å². The molecule has 4 rings (SSSR count). The fourth-order valence-electron chi connectivity index (χ4n) is 2.76. The van der Waals surface area contributed by atoms with Crippen LogP contribution in [0.2, 0.25) is 0 Å². The third kappa shape index (κ3) is 4.04. The van der Waals surface area contributed by atoms with E-state index in [9.17, 15) is 10.1 Å². The molecule has 2 aromatic heterocycles. The highest BCUT2D eigenvalue weighted by Gasteiger charge is 2.16. The second-order valence-corrected chi connectivity index (χ2v) is 7.01. The lowest BCUT2D eigenvalue weighted by molar-refractivity contribution is -0.384. The first kappa shape index (κ1) is 18.5. The van der Waals surface area contributed by atoms with Crippen LogP contribution in [-0.2, 0) is 0 Å². The summed E-state index contributed by atoms with van der Waals surface area (Å²) in [5, 5.41) is 17.9. The first-order valence-electron chi connectivity index (χ1n) is 8.73. The van der Waals surface area contributed by atoms with Crippen molar-refractivity contribution in [3.05, 3.63) is 77.0 Å². The highest BCUT2D eigenvalue weighted by molar-refractivity contribution is 7.19. The van der Waals surface area contributed by atoms with E-state index in [-0.39, 0.29) is 5.69 Å². The van der Waals surface area contributed by atoms with E-state index >= 15 is 0 Å². The molecule has 8 nitrogen and oxygen atoms in total. The molecule has 144 valence electrons. The Kier molecular flexibility index (Phi) is 5.12. The van der Waals surface area contributed by atoms with Crippen molar-refractivity contribution in [2.45, 2.75) is 0 Å². The zero-order chi connectivity index (χ0) is 20.2. The molecule has 9 heteroatoms. The van der Waals surface area contributed by atoms with Crippen LogP contribution in [-0.4, -0.2) is 26.9 Å². The predicted octanol–water partition coefficient (Wildman–Crippen LogP) is 4.96. The number of nitro benzene ring substituents is 1. The minimum atomic E-state index is -0.439. The van der Waals surface area contributed by atoms with Crippen molar-refractivity contribution in [3.8, 4) is 21.8 Å². The molecule has 0 aliphatic rings. The number of nitrogens with zero attached hydrogens (tertiary/aromatic N) is 4. The monoisotopic (exact) mass is 404 g/mol. The van der Waals surface area contributed by atoms with Gasteiger partial charge in [-0.1, -0.05) is 47.7 Å². The molecule has 0 atom stereocenters. The Morgan fingerprint density at radius 2 is 1.86 bits per heavy atom. The summed E-state index contributed by atoms with van der Waals surface area (Å²) in [6.07, 6.45) is 1.65. The maximum atomic E-state index is 11.0. The summed E-state index contributed by atoms with van der Waals surface area (Å²) in [6.45, 7) is 0. The summed E-state index contributed by atoms with van der Waals surface area (Å²) in [5.74, 6) is 0.349. The number of aromatic nitrogens is 3. The third-order valence-electron chi connectivity index (χ3n) is 4.09. The molecule has 4 aromatic rings. The zero-order valence-electron chi connectivity index (χ0n) is 15.4. The second-order valence-electron chi connectivity index (χ2n) is 6.01. The minimum absolute atomic E-state index is 0.00126. The van der Waals surface area contributed by atoms with E-state index in [1.54, 1.807) is 18.3 Å². The number of nitro groups is 1. The second kappa shape index (κ2) is 8.03. The predicted molar refractivity (Wildman–Crippen MR) is 115 cm³/mol. The third-order valence-corrected chi connectivity index (χ3v) is 5.18. The fraction of sp³-hybridized carbons (Fsp3) is 0.0500. The summed E-state index contributed by atoms with van der Waals surface area (Å²) < 4.78 is 0. The van der Waals surface area contributed by atoms with Crippen molar-refractivity contribution in [1.82, 2.24) is 15.0 Å². The molecule has 2 aromatic carbocycles. The van der Waals surface area contributed by atoms with Gasteiger partial charge in [-0.25, -0.2) is 15.0 Å². The summed E-state index contributed by atoms with van der Waals surface area (Å²) >= 11 is 1.50. The van der Waals surface area contributed by atoms with Crippen LogP contribution >= 0.6 is 11.3 Å². The highest BCUT2D eigenvalue weighted by atomic mass is 32.1. The van der Waals surface area contributed by atoms with Crippen molar-refractivity contribution in [2.75, 3.05) is 17.7 Å². The van der Waals surface area contributed by atoms with E-state index in [1.807, 2.05) is 43.4 Å². The quantitative estimate of drug-likeness (QED) is 0.345. The maximum Gasteiger partial charge on any atom is 0.271 e. The largest absolute Gasteiger partial charge is 0.365 e. The molecule has 2 heterocycles. The van der Waals surface area contributed by atoms with E-state index in [2.05, 4.69) is 25.6 Å². The van der Waals surface area contributed by atoms with Gasteiger partial charge in [-0.05, 0) is 12.1 Å². The summed E-state index contributed by atoms with van der Waals surface area (Å²) in [7, 11) is 1.83. The van der Waals surface area contributed by atoms with Crippen molar-refractivity contribution in [2.24, 2.45) is 0 Å². The Balaban J connectivity index is 1.70. The van der Waals surface area contributed by atoms with Crippen LogP contribution in [0.5, 0.6) is 0 Å². The van der Waals surface area contributed by atoms with Gasteiger partial charge in [0, 0.05) is 36.6 Å². The van der Waals surface area contributed by atoms with Gasteiger partial charge in [0.25, 0.3) is 5.69 Å². The summed E-state index contributed by atoms with van der Waals surface area (Å²) in [4.78, 5) is 25.0. The number of rotatable bonds is 6. The molecule has 0 bridgehead atoms. The van der Waals surface area contributed by atoms with E-state index in [1.165, 1.54) is 23.5 Å². The van der Waals surface area contributed by atoms with Gasteiger partial charge < -0.3 is 10.6 Å². The van der Waals surface area contributed by atoms with Crippen molar-refractivity contribution in [3.63, 3.8) is 0 Å². The van der Waals surface area contributed by atoms with Crippen molar-refractivity contribution in [1.29, 1.82) is 0 Å². The van der Waals surface area contributed by atoms with Crippen LogP contribution in [0.3, 0.4) is 0 Å². The van der Waals surface area contributed by atoms with Crippen LogP contribution in [0.15, 0.2) is 66.9 Å². The van der Waals surface area contributed by atoms with Gasteiger partial charge in [0.15, 0.2) is 5.13 Å². The average molecular weight is 404 g/mol. The van der Waals surface area contributed by atoms with E-state index in [0.29, 0.717) is 17.3 Å².